The number of benzene rings is 3. The lowest BCUT2D eigenvalue weighted by Gasteiger charge is -2.12. The SMILES string of the molecule is c1ccc(-c2cc(-c3ccc4c(c3)OCCOCCO4)cc(-c3ccccc3)[o+]2)cc1. The van der Waals surface area contributed by atoms with Crippen LogP contribution in [-0.2, 0) is 4.74 Å². The van der Waals surface area contributed by atoms with Gasteiger partial charge < -0.3 is 14.2 Å². The van der Waals surface area contributed by atoms with Crippen LogP contribution in [0.3, 0.4) is 0 Å². The molecule has 3 aromatic carbocycles. The first-order valence-electron chi connectivity index (χ1n) is 10.4. The Kier molecular flexibility index (Phi) is 5.63. The van der Waals surface area contributed by atoms with Crippen molar-refractivity contribution in [3.8, 4) is 45.3 Å². The van der Waals surface area contributed by atoms with E-state index in [2.05, 4.69) is 42.5 Å². The fourth-order valence-electron chi connectivity index (χ4n) is 3.60. The second-order valence-corrected chi connectivity index (χ2v) is 7.28. The first-order valence-corrected chi connectivity index (χ1v) is 10.4. The Bertz CT molecular complexity index is 1100. The Morgan fingerprint density at radius 1 is 0.484 bits per heavy atom. The zero-order chi connectivity index (χ0) is 20.9. The second-order valence-electron chi connectivity index (χ2n) is 7.28. The first-order chi connectivity index (χ1) is 15.4. The lowest BCUT2D eigenvalue weighted by molar-refractivity contribution is 0.0877. The van der Waals surface area contributed by atoms with E-state index in [9.17, 15) is 0 Å². The van der Waals surface area contributed by atoms with E-state index >= 15 is 0 Å². The Balaban J connectivity index is 1.61. The molecule has 1 aromatic heterocycles. The molecule has 31 heavy (non-hydrogen) atoms. The van der Waals surface area contributed by atoms with Crippen LogP contribution in [0.25, 0.3) is 33.8 Å². The van der Waals surface area contributed by atoms with Crippen LogP contribution in [0.4, 0.5) is 0 Å². The molecule has 154 valence electrons. The summed E-state index contributed by atoms with van der Waals surface area (Å²) >= 11 is 0. The summed E-state index contributed by atoms with van der Waals surface area (Å²) in [6.07, 6.45) is 0. The maximum absolute atomic E-state index is 6.30. The molecule has 0 saturated carbocycles. The summed E-state index contributed by atoms with van der Waals surface area (Å²) in [5.41, 5.74) is 4.14. The Morgan fingerprint density at radius 2 is 1.06 bits per heavy atom. The van der Waals surface area contributed by atoms with Gasteiger partial charge in [-0.3, -0.25) is 0 Å². The Labute approximate surface area is 181 Å². The Hall–Kier alpha value is -3.63. The third-order valence-electron chi connectivity index (χ3n) is 5.16. The maximum Gasteiger partial charge on any atom is 0.361 e. The minimum Gasteiger partial charge on any atom is -0.487 e. The van der Waals surface area contributed by atoms with E-state index in [0.717, 1.165) is 45.3 Å². The van der Waals surface area contributed by atoms with Gasteiger partial charge in [-0.1, -0.05) is 42.5 Å². The van der Waals surface area contributed by atoms with E-state index in [0.29, 0.717) is 26.4 Å². The quantitative estimate of drug-likeness (QED) is 0.368. The molecule has 0 spiro atoms. The number of ether oxygens (including phenoxy) is 3. The lowest BCUT2D eigenvalue weighted by Crippen LogP contribution is -2.08. The van der Waals surface area contributed by atoms with Gasteiger partial charge in [-0.25, -0.2) is 4.42 Å². The summed E-state index contributed by atoms with van der Waals surface area (Å²) in [4.78, 5) is 0. The highest BCUT2D eigenvalue weighted by Gasteiger charge is 2.21. The van der Waals surface area contributed by atoms with E-state index in [4.69, 9.17) is 18.6 Å². The van der Waals surface area contributed by atoms with Gasteiger partial charge in [0.05, 0.1) is 36.5 Å². The molecule has 4 nitrogen and oxygen atoms in total. The second kappa shape index (κ2) is 9.02. The minimum absolute atomic E-state index is 0.495. The fourth-order valence-corrected chi connectivity index (χ4v) is 3.60. The van der Waals surface area contributed by atoms with Crippen LogP contribution < -0.4 is 9.47 Å². The van der Waals surface area contributed by atoms with Gasteiger partial charge in [0.1, 0.15) is 13.2 Å². The highest BCUT2D eigenvalue weighted by Crippen LogP contribution is 2.37. The van der Waals surface area contributed by atoms with Gasteiger partial charge in [-0.2, -0.15) is 0 Å². The van der Waals surface area contributed by atoms with Crippen LogP contribution >= 0.6 is 0 Å². The summed E-state index contributed by atoms with van der Waals surface area (Å²) in [5.74, 6) is 3.09. The highest BCUT2D eigenvalue weighted by atomic mass is 16.6. The lowest BCUT2D eigenvalue weighted by atomic mass is 10.0. The maximum atomic E-state index is 6.30. The van der Waals surface area contributed by atoms with Crippen molar-refractivity contribution in [2.24, 2.45) is 0 Å². The summed E-state index contributed by atoms with van der Waals surface area (Å²) < 4.78 is 23.5. The molecule has 4 aromatic rings. The zero-order valence-corrected chi connectivity index (χ0v) is 17.1. The number of rotatable bonds is 3. The third-order valence-corrected chi connectivity index (χ3v) is 5.16. The zero-order valence-electron chi connectivity index (χ0n) is 17.1. The van der Waals surface area contributed by atoms with E-state index in [-0.39, 0.29) is 0 Å². The van der Waals surface area contributed by atoms with Gasteiger partial charge in [0.25, 0.3) is 0 Å². The van der Waals surface area contributed by atoms with E-state index in [1.54, 1.807) is 0 Å². The molecule has 0 saturated heterocycles. The van der Waals surface area contributed by atoms with Gasteiger partial charge in [0.2, 0.25) is 0 Å². The van der Waals surface area contributed by atoms with Crippen molar-refractivity contribution in [1.29, 1.82) is 0 Å². The summed E-state index contributed by atoms with van der Waals surface area (Å²) in [5, 5.41) is 0. The van der Waals surface area contributed by atoms with Crippen LogP contribution in [-0.4, -0.2) is 26.4 Å². The van der Waals surface area contributed by atoms with Crippen molar-refractivity contribution in [1.82, 2.24) is 0 Å². The Morgan fingerprint density at radius 3 is 1.68 bits per heavy atom. The van der Waals surface area contributed by atoms with Crippen molar-refractivity contribution in [3.05, 3.63) is 91.0 Å². The van der Waals surface area contributed by atoms with Crippen molar-refractivity contribution >= 4 is 0 Å². The van der Waals surface area contributed by atoms with Crippen LogP contribution in [0.2, 0.25) is 0 Å². The van der Waals surface area contributed by atoms with Crippen molar-refractivity contribution in [3.63, 3.8) is 0 Å². The van der Waals surface area contributed by atoms with E-state index in [1.807, 2.05) is 48.5 Å². The molecule has 0 radical (unpaired) electrons. The van der Waals surface area contributed by atoms with Crippen molar-refractivity contribution < 1.29 is 18.6 Å². The molecule has 1 aliphatic rings. The monoisotopic (exact) mass is 411 g/mol. The topological polar surface area (TPSA) is 39.0 Å². The van der Waals surface area contributed by atoms with Crippen LogP contribution in [0.1, 0.15) is 0 Å². The van der Waals surface area contributed by atoms with Gasteiger partial charge in [0, 0.05) is 5.56 Å². The van der Waals surface area contributed by atoms with Crippen LogP contribution in [0, 0.1) is 0 Å². The molecule has 0 bridgehead atoms. The highest BCUT2D eigenvalue weighted by molar-refractivity contribution is 5.75. The predicted octanol–water partition coefficient (Wildman–Crippen LogP) is 6.35. The average molecular weight is 411 g/mol. The van der Waals surface area contributed by atoms with Gasteiger partial charge in [0.15, 0.2) is 11.5 Å². The fraction of sp³-hybridized carbons (Fsp3) is 0.148. The largest absolute Gasteiger partial charge is 0.487 e. The van der Waals surface area contributed by atoms with Gasteiger partial charge >= 0.3 is 11.5 Å². The van der Waals surface area contributed by atoms with Crippen molar-refractivity contribution in [2.75, 3.05) is 26.4 Å². The summed E-state index contributed by atoms with van der Waals surface area (Å²) in [6, 6.07) is 30.5. The molecule has 0 atom stereocenters. The molecule has 0 aliphatic carbocycles. The number of hydrogen-bond donors (Lipinski definition) is 0. The molecular weight excluding hydrogens is 388 g/mol. The molecule has 2 heterocycles. The minimum atomic E-state index is 0.495. The smallest absolute Gasteiger partial charge is 0.361 e. The molecule has 5 rings (SSSR count). The third kappa shape index (κ3) is 4.44. The number of fused-ring (bicyclic) bond motifs is 1. The summed E-state index contributed by atoms with van der Waals surface area (Å²) in [7, 11) is 0. The number of hydrogen-bond acceptors (Lipinski definition) is 3. The van der Waals surface area contributed by atoms with Crippen LogP contribution in [0.5, 0.6) is 11.5 Å². The summed E-state index contributed by atoms with van der Waals surface area (Å²) in [6.45, 7) is 2.11. The first kappa shape index (κ1) is 19.3. The average Bonchev–Trinajstić information content (AvgIpc) is 2.96. The van der Waals surface area contributed by atoms with E-state index < -0.39 is 0 Å². The molecule has 0 fully saturated rings. The van der Waals surface area contributed by atoms with Crippen molar-refractivity contribution in [2.45, 2.75) is 0 Å². The standard InChI is InChI=1S/C27H23O4/c1-3-7-20(8-4-1)25-18-23(19-26(31-25)21-9-5-2-6-10-21)22-11-12-24-27(17-22)30-16-14-28-13-15-29-24/h1-12,17-19H,13-16H2/q+1. The van der Waals surface area contributed by atoms with E-state index in [1.165, 1.54) is 0 Å². The molecule has 4 heteroatoms. The molecule has 0 N–H and O–H groups in total. The predicted molar refractivity (Wildman–Crippen MR) is 121 cm³/mol. The van der Waals surface area contributed by atoms with Gasteiger partial charge in [-0.15, -0.1) is 0 Å². The van der Waals surface area contributed by atoms with Gasteiger partial charge in [-0.05, 0) is 42.0 Å². The molecule has 0 amide bonds. The van der Waals surface area contributed by atoms with Crippen LogP contribution in [0.15, 0.2) is 95.4 Å². The molecular formula is C27H23O4+. The molecule has 1 aliphatic heterocycles. The normalized spacial score (nSPS) is 13.7. The molecule has 0 unspecified atom stereocenters.